The zero-order valence-electron chi connectivity index (χ0n) is 9.25. The van der Waals surface area contributed by atoms with Gasteiger partial charge in [0.1, 0.15) is 0 Å². The molecule has 1 heterocycles. The summed E-state index contributed by atoms with van der Waals surface area (Å²) in [4.78, 5) is 0. The van der Waals surface area contributed by atoms with Crippen LogP contribution in [0.2, 0.25) is 0 Å². The molecule has 14 heavy (non-hydrogen) atoms. The molecule has 1 aromatic heterocycles. The molecule has 0 atom stereocenters. The Bertz CT molecular complexity index is 299. The van der Waals surface area contributed by atoms with Crippen molar-refractivity contribution < 1.29 is 0 Å². The van der Waals surface area contributed by atoms with E-state index in [-0.39, 0.29) is 0 Å². The van der Waals surface area contributed by atoms with E-state index in [1.807, 2.05) is 23.9 Å². The largest absolute Gasteiger partial charge is 0.307 e. The molecule has 0 radical (unpaired) electrons. The molecule has 0 bridgehead atoms. The Hall–Kier alpha value is -1.09. The molecular weight excluding hydrogens is 174 g/mol. The van der Waals surface area contributed by atoms with Crippen LogP contribution in [-0.4, -0.2) is 16.3 Å². The van der Waals surface area contributed by atoms with E-state index in [1.54, 1.807) is 0 Å². The average molecular weight is 193 g/mol. The molecular formula is C11H19N3. The van der Waals surface area contributed by atoms with Gasteiger partial charge in [-0.2, -0.15) is 5.10 Å². The fraction of sp³-hybridized carbons (Fsp3) is 0.545. The number of hydrogen-bond donors (Lipinski definition) is 1. The number of nitrogens with zero attached hydrogens (tertiary/aromatic N) is 2. The number of hydrogen-bond acceptors (Lipinski definition) is 2. The van der Waals surface area contributed by atoms with Gasteiger partial charge in [-0.15, -0.1) is 0 Å². The molecule has 3 nitrogen and oxygen atoms in total. The lowest BCUT2D eigenvalue weighted by Gasteiger charge is -2.04. The van der Waals surface area contributed by atoms with Crippen molar-refractivity contribution in [2.75, 3.05) is 6.54 Å². The normalized spacial score (nSPS) is 10.9. The zero-order chi connectivity index (χ0) is 10.6. The summed E-state index contributed by atoms with van der Waals surface area (Å²) in [7, 11) is 0. The molecule has 1 N–H and O–H groups in total. The average Bonchev–Trinajstić information content (AvgIpc) is 2.52. The molecule has 0 amide bonds. The summed E-state index contributed by atoms with van der Waals surface area (Å²) in [5.74, 6) is 0. The standard InChI is InChI=1S/C11H19N3/c1-9(2)7-12-8-11-5-6-14(13-11)10(3)4/h5-6,10,12H,1,7-8H2,2-4H3. The van der Waals surface area contributed by atoms with Crippen LogP contribution < -0.4 is 5.32 Å². The summed E-state index contributed by atoms with van der Waals surface area (Å²) in [6, 6.07) is 2.48. The van der Waals surface area contributed by atoms with Gasteiger partial charge in [0.25, 0.3) is 0 Å². The molecule has 0 unspecified atom stereocenters. The number of nitrogens with one attached hydrogen (secondary N) is 1. The van der Waals surface area contributed by atoms with E-state index in [9.17, 15) is 0 Å². The minimum atomic E-state index is 0.435. The second-order valence-electron chi connectivity index (χ2n) is 3.94. The molecule has 0 saturated heterocycles. The van der Waals surface area contributed by atoms with E-state index in [2.05, 4.69) is 30.8 Å². The van der Waals surface area contributed by atoms with Crippen LogP contribution in [0, 0.1) is 0 Å². The summed E-state index contributed by atoms with van der Waals surface area (Å²) in [5, 5.41) is 7.71. The van der Waals surface area contributed by atoms with Crippen molar-refractivity contribution in [3.8, 4) is 0 Å². The Balaban J connectivity index is 2.40. The molecule has 1 aromatic rings. The van der Waals surface area contributed by atoms with Crippen LogP contribution in [0.1, 0.15) is 32.5 Å². The molecule has 3 heteroatoms. The van der Waals surface area contributed by atoms with E-state index < -0.39 is 0 Å². The highest BCUT2D eigenvalue weighted by atomic mass is 15.3. The summed E-state index contributed by atoms with van der Waals surface area (Å²) in [6.07, 6.45) is 2.02. The fourth-order valence-electron chi connectivity index (χ4n) is 1.16. The van der Waals surface area contributed by atoms with E-state index >= 15 is 0 Å². The fourth-order valence-corrected chi connectivity index (χ4v) is 1.16. The van der Waals surface area contributed by atoms with Crippen LogP contribution in [0.3, 0.4) is 0 Å². The first-order chi connectivity index (χ1) is 6.59. The second kappa shape index (κ2) is 4.96. The highest BCUT2D eigenvalue weighted by molar-refractivity contribution is 5.00. The Morgan fingerprint density at radius 2 is 2.36 bits per heavy atom. The number of aromatic nitrogens is 2. The van der Waals surface area contributed by atoms with Crippen molar-refractivity contribution in [1.29, 1.82) is 0 Å². The van der Waals surface area contributed by atoms with Crippen molar-refractivity contribution >= 4 is 0 Å². The first-order valence-electron chi connectivity index (χ1n) is 4.98. The Morgan fingerprint density at radius 1 is 1.64 bits per heavy atom. The van der Waals surface area contributed by atoms with Crippen LogP contribution in [0.5, 0.6) is 0 Å². The molecule has 0 fully saturated rings. The lowest BCUT2D eigenvalue weighted by atomic mass is 10.3. The Morgan fingerprint density at radius 3 is 2.86 bits per heavy atom. The predicted octanol–water partition coefficient (Wildman–Crippen LogP) is 2.13. The topological polar surface area (TPSA) is 29.9 Å². The maximum atomic E-state index is 4.43. The van der Waals surface area contributed by atoms with Gasteiger partial charge < -0.3 is 5.32 Å². The van der Waals surface area contributed by atoms with Gasteiger partial charge in [0, 0.05) is 25.3 Å². The van der Waals surface area contributed by atoms with Crippen LogP contribution in [0.15, 0.2) is 24.4 Å². The summed E-state index contributed by atoms with van der Waals surface area (Å²) < 4.78 is 1.97. The first-order valence-corrected chi connectivity index (χ1v) is 4.98. The van der Waals surface area contributed by atoms with E-state index in [0.717, 1.165) is 24.4 Å². The molecule has 1 rings (SSSR count). The predicted molar refractivity (Wildman–Crippen MR) is 59.1 cm³/mol. The maximum absolute atomic E-state index is 4.43. The summed E-state index contributed by atoms with van der Waals surface area (Å²) in [5.41, 5.74) is 2.23. The molecule has 0 saturated carbocycles. The SMILES string of the molecule is C=C(C)CNCc1ccn(C(C)C)n1. The van der Waals surface area contributed by atoms with Crippen LogP contribution in [0.25, 0.3) is 0 Å². The number of rotatable bonds is 5. The van der Waals surface area contributed by atoms with Gasteiger partial charge in [-0.25, -0.2) is 0 Å². The molecule has 0 spiro atoms. The third-order valence-electron chi connectivity index (χ3n) is 1.93. The second-order valence-corrected chi connectivity index (χ2v) is 3.94. The molecule has 78 valence electrons. The summed E-state index contributed by atoms with van der Waals surface area (Å²) >= 11 is 0. The molecule has 0 aliphatic carbocycles. The van der Waals surface area contributed by atoms with E-state index in [1.165, 1.54) is 0 Å². The monoisotopic (exact) mass is 193 g/mol. The molecule has 0 aliphatic heterocycles. The van der Waals surface area contributed by atoms with Crippen LogP contribution in [0.4, 0.5) is 0 Å². The van der Waals surface area contributed by atoms with E-state index in [0.29, 0.717) is 6.04 Å². The lowest BCUT2D eigenvalue weighted by Crippen LogP contribution is -2.16. The Kier molecular flexibility index (Phi) is 3.89. The van der Waals surface area contributed by atoms with Gasteiger partial charge in [0.2, 0.25) is 0 Å². The lowest BCUT2D eigenvalue weighted by molar-refractivity contribution is 0.523. The summed E-state index contributed by atoms with van der Waals surface area (Å²) in [6.45, 7) is 11.8. The van der Waals surface area contributed by atoms with Crippen molar-refractivity contribution in [2.45, 2.75) is 33.4 Å². The molecule has 0 aliphatic rings. The van der Waals surface area contributed by atoms with Gasteiger partial charge in [-0.1, -0.05) is 12.2 Å². The molecule has 0 aromatic carbocycles. The van der Waals surface area contributed by atoms with Crippen molar-refractivity contribution in [3.63, 3.8) is 0 Å². The van der Waals surface area contributed by atoms with Gasteiger partial charge >= 0.3 is 0 Å². The zero-order valence-corrected chi connectivity index (χ0v) is 9.25. The van der Waals surface area contributed by atoms with E-state index in [4.69, 9.17) is 0 Å². The van der Waals surface area contributed by atoms with Crippen molar-refractivity contribution in [3.05, 3.63) is 30.1 Å². The highest BCUT2D eigenvalue weighted by Crippen LogP contribution is 2.03. The first kappa shape index (κ1) is 11.0. The minimum Gasteiger partial charge on any atom is -0.307 e. The van der Waals surface area contributed by atoms with Crippen LogP contribution in [-0.2, 0) is 6.54 Å². The third kappa shape index (κ3) is 3.34. The van der Waals surface area contributed by atoms with Gasteiger partial charge in [-0.05, 0) is 26.8 Å². The van der Waals surface area contributed by atoms with Gasteiger partial charge in [0.15, 0.2) is 0 Å². The quantitative estimate of drug-likeness (QED) is 0.726. The van der Waals surface area contributed by atoms with Crippen molar-refractivity contribution in [2.24, 2.45) is 0 Å². The van der Waals surface area contributed by atoms with Gasteiger partial charge in [-0.3, -0.25) is 4.68 Å². The van der Waals surface area contributed by atoms with Crippen molar-refractivity contribution in [1.82, 2.24) is 15.1 Å². The Labute approximate surface area is 85.8 Å². The maximum Gasteiger partial charge on any atom is 0.0762 e. The smallest absolute Gasteiger partial charge is 0.0762 e. The minimum absolute atomic E-state index is 0.435. The van der Waals surface area contributed by atoms with Gasteiger partial charge in [0.05, 0.1) is 5.69 Å². The van der Waals surface area contributed by atoms with Crippen LogP contribution >= 0.6 is 0 Å². The highest BCUT2D eigenvalue weighted by Gasteiger charge is 2.00. The third-order valence-corrected chi connectivity index (χ3v) is 1.93.